The average molecular weight is 344 g/mol. The number of aromatic amines is 2. The van der Waals surface area contributed by atoms with Crippen LogP contribution in [0.2, 0.25) is 5.02 Å². The van der Waals surface area contributed by atoms with E-state index in [4.69, 9.17) is 11.6 Å². The minimum atomic E-state index is -0.498. The molecule has 0 amide bonds. The van der Waals surface area contributed by atoms with Crippen molar-refractivity contribution in [3.05, 3.63) is 74.0 Å². The Labute approximate surface area is 140 Å². The fourth-order valence-corrected chi connectivity index (χ4v) is 2.22. The Morgan fingerprint density at radius 2 is 1.71 bits per heavy atom. The third kappa shape index (κ3) is 3.08. The summed E-state index contributed by atoms with van der Waals surface area (Å²) in [5.41, 5.74) is 0.922. The second kappa shape index (κ2) is 6.47. The third-order valence-electron chi connectivity index (χ3n) is 3.23. The van der Waals surface area contributed by atoms with Gasteiger partial charge in [0.2, 0.25) is 0 Å². The van der Waals surface area contributed by atoms with Gasteiger partial charge in [-0.3, -0.25) is 25.1 Å². The van der Waals surface area contributed by atoms with E-state index in [1.165, 1.54) is 24.3 Å². The van der Waals surface area contributed by atoms with Gasteiger partial charge in [0.05, 0.1) is 15.6 Å². The summed E-state index contributed by atoms with van der Waals surface area (Å²) in [5, 5.41) is 24.2. The van der Waals surface area contributed by atoms with Crippen LogP contribution < -0.4 is 5.56 Å². The molecule has 1 heterocycles. The first-order valence-corrected chi connectivity index (χ1v) is 7.16. The van der Waals surface area contributed by atoms with E-state index in [-0.39, 0.29) is 11.4 Å². The minimum absolute atomic E-state index is 0.0455. The number of hydrogen-bond acceptors (Lipinski definition) is 5. The molecule has 0 bridgehead atoms. The van der Waals surface area contributed by atoms with Gasteiger partial charge in [-0.25, -0.2) is 0 Å². The van der Waals surface area contributed by atoms with Gasteiger partial charge in [-0.2, -0.15) is 0 Å². The number of aromatic nitrogens is 2. The molecule has 0 radical (unpaired) electrons. The van der Waals surface area contributed by atoms with E-state index >= 15 is 0 Å². The van der Waals surface area contributed by atoms with Crippen LogP contribution in [0.3, 0.4) is 0 Å². The van der Waals surface area contributed by atoms with Crippen molar-refractivity contribution < 1.29 is 4.92 Å². The predicted octanol–water partition coefficient (Wildman–Crippen LogP) is 4.35. The van der Waals surface area contributed by atoms with Crippen LogP contribution in [0.15, 0.2) is 63.6 Å². The lowest BCUT2D eigenvalue weighted by Gasteiger charge is -1.99. The minimum Gasteiger partial charge on any atom is -0.295 e. The second-order valence-electron chi connectivity index (χ2n) is 4.76. The molecular formula is C15H10ClN5O3. The van der Waals surface area contributed by atoms with Gasteiger partial charge in [-0.15, -0.1) is 10.2 Å². The SMILES string of the molecule is O=c1[nH][nH]c(-c2ccc([N+](=O)[O-])cc2)c1N=Nc1ccccc1Cl. The van der Waals surface area contributed by atoms with Gasteiger partial charge >= 0.3 is 0 Å². The van der Waals surface area contributed by atoms with Gasteiger partial charge in [0.1, 0.15) is 5.69 Å². The van der Waals surface area contributed by atoms with Crippen LogP contribution in [-0.2, 0) is 0 Å². The maximum Gasteiger partial charge on any atom is 0.292 e. The predicted molar refractivity (Wildman–Crippen MR) is 89.1 cm³/mol. The second-order valence-corrected chi connectivity index (χ2v) is 5.17. The normalized spacial score (nSPS) is 11.0. The lowest BCUT2D eigenvalue weighted by atomic mass is 10.1. The third-order valence-corrected chi connectivity index (χ3v) is 3.55. The topological polar surface area (TPSA) is 117 Å². The van der Waals surface area contributed by atoms with E-state index in [9.17, 15) is 14.9 Å². The van der Waals surface area contributed by atoms with Gasteiger partial charge in [0.25, 0.3) is 11.2 Å². The standard InChI is InChI=1S/C15H10ClN5O3/c16-11-3-1-2-4-12(11)17-19-14-13(18-20-15(14)22)9-5-7-10(8-6-9)21(23)24/h1-8H,(H2,18,20,22). The zero-order valence-corrected chi connectivity index (χ0v) is 12.8. The van der Waals surface area contributed by atoms with Crippen LogP contribution in [0.1, 0.15) is 0 Å². The molecule has 24 heavy (non-hydrogen) atoms. The molecule has 0 unspecified atom stereocenters. The maximum atomic E-state index is 11.9. The fourth-order valence-electron chi connectivity index (χ4n) is 2.04. The summed E-state index contributed by atoms with van der Waals surface area (Å²) in [6, 6.07) is 12.6. The van der Waals surface area contributed by atoms with Crippen LogP contribution in [0, 0.1) is 10.1 Å². The first kappa shape index (κ1) is 15.6. The molecule has 0 saturated carbocycles. The first-order valence-electron chi connectivity index (χ1n) is 6.78. The van der Waals surface area contributed by atoms with Crippen LogP contribution >= 0.6 is 11.6 Å². The quantitative estimate of drug-likeness (QED) is 0.416. The number of nitrogens with zero attached hydrogens (tertiary/aromatic N) is 3. The number of benzene rings is 2. The van der Waals surface area contributed by atoms with E-state index in [1.807, 2.05) is 0 Å². The summed E-state index contributed by atoms with van der Waals surface area (Å²) in [5.74, 6) is 0. The summed E-state index contributed by atoms with van der Waals surface area (Å²) in [7, 11) is 0. The number of rotatable bonds is 4. The number of H-pyrrole nitrogens is 2. The van der Waals surface area contributed by atoms with Crippen molar-refractivity contribution >= 4 is 28.7 Å². The molecule has 2 aromatic carbocycles. The maximum absolute atomic E-state index is 11.9. The Hall–Kier alpha value is -3.26. The molecule has 0 atom stereocenters. The molecule has 0 aliphatic carbocycles. The Balaban J connectivity index is 1.99. The van der Waals surface area contributed by atoms with Crippen molar-refractivity contribution in [3.63, 3.8) is 0 Å². The zero-order valence-electron chi connectivity index (χ0n) is 12.1. The monoisotopic (exact) mass is 343 g/mol. The highest BCUT2D eigenvalue weighted by Crippen LogP contribution is 2.29. The van der Waals surface area contributed by atoms with Crippen LogP contribution in [0.5, 0.6) is 0 Å². The van der Waals surface area contributed by atoms with E-state index in [0.717, 1.165) is 0 Å². The molecule has 0 aliphatic heterocycles. The van der Waals surface area contributed by atoms with Gasteiger partial charge in [-0.1, -0.05) is 23.7 Å². The highest BCUT2D eigenvalue weighted by Gasteiger charge is 2.13. The molecule has 0 spiro atoms. The number of azo groups is 1. The Bertz CT molecular complexity index is 975. The summed E-state index contributed by atoms with van der Waals surface area (Å²) in [6.07, 6.45) is 0. The van der Waals surface area contributed by atoms with Gasteiger partial charge in [0.15, 0.2) is 5.69 Å². The van der Waals surface area contributed by atoms with Crippen LogP contribution in [0.4, 0.5) is 17.1 Å². The number of non-ortho nitro benzene ring substituents is 1. The molecule has 0 saturated heterocycles. The molecule has 120 valence electrons. The number of hydrogen-bond donors (Lipinski definition) is 2. The van der Waals surface area contributed by atoms with Gasteiger partial charge in [-0.05, 0) is 24.3 Å². The molecule has 0 fully saturated rings. The number of nitro benzene ring substituents is 1. The lowest BCUT2D eigenvalue weighted by Crippen LogP contribution is -1.96. The number of halogens is 1. The van der Waals surface area contributed by atoms with E-state index in [1.54, 1.807) is 24.3 Å². The van der Waals surface area contributed by atoms with Crippen molar-refractivity contribution in [1.82, 2.24) is 10.2 Å². The molecule has 0 aliphatic rings. The van der Waals surface area contributed by atoms with Crippen LogP contribution in [-0.4, -0.2) is 15.1 Å². The summed E-state index contributed by atoms with van der Waals surface area (Å²) in [6.45, 7) is 0. The van der Waals surface area contributed by atoms with E-state index in [2.05, 4.69) is 20.4 Å². The number of nitrogens with one attached hydrogen (secondary N) is 2. The van der Waals surface area contributed by atoms with Crippen molar-refractivity contribution in [3.8, 4) is 11.3 Å². The van der Waals surface area contributed by atoms with Crippen molar-refractivity contribution in [2.75, 3.05) is 0 Å². The van der Waals surface area contributed by atoms with E-state index in [0.29, 0.717) is 22.0 Å². The summed E-state index contributed by atoms with van der Waals surface area (Å²) < 4.78 is 0. The summed E-state index contributed by atoms with van der Waals surface area (Å²) in [4.78, 5) is 22.1. The van der Waals surface area contributed by atoms with Gasteiger partial charge in [0, 0.05) is 17.7 Å². The smallest absolute Gasteiger partial charge is 0.292 e. The van der Waals surface area contributed by atoms with Crippen molar-refractivity contribution in [2.24, 2.45) is 10.2 Å². The Morgan fingerprint density at radius 3 is 2.38 bits per heavy atom. The molecule has 9 heteroatoms. The molecular weight excluding hydrogens is 334 g/mol. The molecule has 1 aromatic heterocycles. The summed E-state index contributed by atoms with van der Waals surface area (Å²) >= 11 is 6.00. The van der Waals surface area contributed by atoms with Crippen LogP contribution in [0.25, 0.3) is 11.3 Å². The Kier molecular flexibility index (Phi) is 4.21. The van der Waals surface area contributed by atoms with Crippen molar-refractivity contribution in [1.29, 1.82) is 0 Å². The molecule has 3 rings (SSSR count). The highest BCUT2D eigenvalue weighted by atomic mass is 35.5. The van der Waals surface area contributed by atoms with E-state index < -0.39 is 10.5 Å². The number of nitro groups is 1. The molecule has 8 nitrogen and oxygen atoms in total. The van der Waals surface area contributed by atoms with Crippen molar-refractivity contribution in [2.45, 2.75) is 0 Å². The average Bonchev–Trinajstić information content (AvgIpc) is 2.95. The Morgan fingerprint density at radius 1 is 1.00 bits per heavy atom. The first-order chi connectivity index (χ1) is 11.6. The highest BCUT2D eigenvalue weighted by molar-refractivity contribution is 6.32. The lowest BCUT2D eigenvalue weighted by molar-refractivity contribution is -0.384. The molecule has 3 aromatic rings. The zero-order chi connectivity index (χ0) is 17.1. The molecule has 2 N–H and O–H groups in total. The largest absolute Gasteiger partial charge is 0.295 e. The van der Waals surface area contributed by atoms with Gasteiger partial charge < -0.3 is 0 Å². The fraction of sp³-hybridized carbons (Fsp3) is 0.